The molecule has 2 fully saturated rings. The van der Waals surface area contributed by atoms with Gasteiger partial charge < -0.3 is 19.9 Å². The molecule has 2 aliphatic rings. The Morgan fingerprint density at radius 3 is 2.33 bits per heavy atom. The fourth-order valence-electron chi connectivity index (χ4n) is 4.69. The monoisotopic (exact) mass is 515 g/mol. The van der Waals surface area contributed by atoms with Gasteiger partial charge in [-0.3, -0.25) is 14.4 Å². The van der Waals surface area contributed by atoms with Crippen LogP contribution in [0.3, 0.4) is 0 Å². The number of rotatable bonds is 7. The molecule has 2 heterocycles. The predicted molar refractivity (Wildman–Crippen MR) is 135 cm³/mol. The molecule has 0 aliphatic carbocycles. The fourth-order valence-corrected chi connectivity index (χ4v) is 4.87. The van der Waals surface area contributed by atoms with Gasteiger partial charge in [0.05, 0.1) is 5.56 Å². The summed E-state index contributed by atoms with van der Waals surface area (Å²) in [6, 6.07) is 10.4. The molecule has 2 saturated heterocycles. The van der Waals surface area contributed by atoms with Crippen LogP contribution in [0.15, 0.2) is 42.5 Å². The van der Waals surface area contributed by atoms with Crippen LogP contribution >= 0.6 is 11.6 Å². The fraction of sp³-hybridized carbons (Fsp3) is 0.444. The number of ether oxygens (including phenoxy) is 1. The van der Waals surface area contributed by atoms with Crippen LogP contribution in [0, 0.1) is 11.7 Å². The van der Waals surface area contributed by atoms with Gasteiger partial charge in [-0.2, -0.15) is 0 Å². The van der Waals surface area contributed by atoms with Crippen molar-refractivity contribution in [2.45, 2.75) is 31.7 Å². The van der Waals surface area contributed by atoms with Crippen molar-refractivity contribution in [1.29, 1.82) is 0 Å². The number of Topliss-reactive ketones (excluding diaryl/α,β-unsaturated/α-hetero) is 1. The van der Waals surface area contributed by atoms with Crippen LogP contribution in [0.2, 0.25) is 5.02 Å². The summed E-state index contributed by atoms with van der Waals surface area (Å²) in [5.41, 5.74) is 0.788. The van der Waals surface area contributed by atoms with Crippen LogP contribution < -0.4 is 10.1 Å². The summed E-state index contributed by atoms with van der Waals surface area (Å²) in [5, 5.41) is 3.47. The maximum absolute atomic E-state index is 13.1. The molecule has 2 aromatic rings. The number of hydrogen-bond acceptors (Lipinski definition) is 5. The lowest BCUT2D eigenvalue weighted by Gasteiger charge is -2.31. The van der Waals surface area contributed by atoms with Crippen molar-refractivity contribution in [2.75, 3.05) is 39.8 Å². The highest BCUT2D eigenvalue weighted by Gasteiger charge is 2.28. The number of likely N-dealkylation sites (tertiary alicyclic amines) is 2. The number of carbonyl (C=O) groups excluding carboxylic acids is 3. The zero-order valence-corrected chi connectivity index (χ0v) is 21.1. The number of nitrogens with zero attached hydrogens (tertiary/aromatic N) is 2. The molecule has 0 radical (unpaired) electrons. The highest BCUT2D eigenvalue weighted by atomic mass is 35.5. The normalized spacial score (nSPS) is 17.6. The van der Waals surface area contributed by atoms with Gasteiger partial charge in [-0.25, -0.2) is 4.39 Å². The van der Waals surface area contributed by atoms with Crippen LogP contribution in [-0.2, 0) is 4.79 Å². The Kier molecular flexibility index (Phi) is 8.59. The molecule has 4 rings (SSSR count). The van der Waals surface area contributed by atoms with Gasteiger partial charge in [0.15, 0.2) is 12.4 Å². The third-order valence-electron chi connectivity index (χ3n) is 6.94. The van der Waals surface area contributed by atoms with Crippen LogP contribution in [0.5, 0.6) is 5.75 Å². The molecule has 0 unspecified atom stereocenters. The molecule has 1 N–H and O–H groups in total. The molecule has 9 heteroatoms. The average molecular weight is 516 g/mol. The van der Waals surface area contributed by atoms with Crippen LogP contribution in [-0.4, -0.2) is 73.3 Å². The first-order valence-electron chi connectivity index (χ1n) is 12.3. The lowest BCUT2D eigenvalue weighted by atomic mass is 9.89. The Hall–Kier alpha value is -2.97. The van der Waals surface area contributed by atoms with E-state index in [1.165, 1.54) is 24.3 Å². The van der Waals surface area contributed by atoms with Crippen molar-refractivity contribution in [3.8, 4) is 5.75 Å². The predicted octanol–water partition coefficient (Wildman–Crippen LogP) is 3.80. The summed E-state index contributed by atoms with van der Waals surface area (Å²) in [6.45, 7) is 2.50. The lowest BCUT2D eigenvalue weighted by molar-refractivity contribution is -0.134. The Bertz CT molecular complexity index is 1090. The third-order valence-corrected chi connectivity index (χ3v) is 7.17. The first-order valence-corrected chi connectivity index (χ1v) is 12.7. The molecule has 2 amide bonds. The van der Waals surface area contributed by atoms with E-state index >= 15 is 0 Å². The topological polar surface area (TPSA) is 79.0 Å². The van der Waals surface area contributed by atoms with E-state index in [0.717, 1.165) is 25.9 Å². The van der Waals surface area contributed by atoms with Crippen molar-refractivity contribution in [2.24, 2.45) is 5.92 Å². The van der Waals surface area contributed by atoms with Crippen LogP contribution in [0.1, 0.15) is 46.4 Å². The van der Waals surface area contributed by atoms with Crippen molar-refractivity contribution < 1.29 is 23.5 Å². The summed E-state index contributed by atoms with van der Waals surface area (Å²) >= 11 is 6.13. The zero-order valence-electron chi connectivity index (χ0n) is 20.3. The van der Waals surface area contributed by atoms with E-state index < -0.39 is 0 Å². The van der Waals surface area contributed by atoms with Crippen LogP contribution in [0.4, 0.5) is 4.39 Å². The summed E-state index contributed by atoms with van der Waals surface area (Å²) in [7, 11) is 2.06. The lowest BCUT2D eigenvalue weighted by Crippen LogP contribution is -2.43. The van der Waals surface area contributed by atoms with Crippen molar-refractivity contribution in [3.63, 3.8) is 0 Å². The molecule has 36 heavy (non-hydrogen) atoms. The number of hydrogen-bond donors (Lipinski definition) is 1. The number of carbonyl (C=O) groups is 3. The Morgan fingerprint density at radius 2 is 1.67 bits per heavy atom. The minimum Gasteiger partial charge on any atom is -0.483 e. The number of amides is 2. The minimum absolute atomic E-state index is 0.0280. The zero-order chi connectivity index (χ0) is 25.7. The van der Waals surface area contributed by atoms with Crippen LogP contribution in [0.25, 0.3) is 0 Å². The maximum atomic E-state index is 13.1. The molecule has 0 atom stereocenters. The summed E-state index contributed by atoms with van der Waals surface area (Å²) in [4.78, 5) is 42.3. The second kappa shape index (κ2) is 11.8. The minimum atomic E-state index is -0.380. The number of halogens is 2. The average Bonchev–Trinajstić information content (AvgIpc) is 2.89. The third kappa shape index (κ3) is 6.62. The van der Waals surface area contributed by atoms with Crippen molar-refractivity contribution in [1.82, 2.24) is 15.1 Å². The molecule has 7 nitrogen and oxygen atoms in total. The Morgan fingerprint density at radius 1 is 1.00 bits per heavy atom. The first kappa shape index (κ1) is 26.1. The van der Waals surface area contributed by atoms with E-state index in [4.69, 9.17) is 16.3 Å². The largest absolute Gasteiger partial charge is 0.483 e. The molecule has 0 saturated carbocycles. The van der Waals surface area contributed by atoms with Gasteiger partial charge in [0.1, 0.15) is 11.6 Å². The van der Waals surface area contributed by atoms with E-state index in [-0.39, 0.29) is 42.0 Å². The highest BCUT2D eigenvalue weighted by molar-refractivity contribution is 6.31. The second-order valence-corrected chi connectivity index (χ2v) is 9.94. The molecule has 192 valence electrons. The Balaban J connectivity index is 1.30. The molecule has 2 aliphatic heterocycles. The van der Waals surface area contributed by atoms with Gasteiger partial charge in [-0.15, -0.1) is 0 Å². The molecular weight excluding hydrogens is 485 g/mol. The number of piperidine rings is 2. The molecule has 2 aromatic carbocycles. The quantitative estimate of drug-likeness (QED) is 0.567. The molecule has 0 spiro atoms. The van der Waals surface area contributed by atoms with E-state index in [1.807, 2.05) is 0 Å². The maximum Gasteiger partial charge on any atom is 0.260 e. The first-order chi connectivity index (χ1) is 17.3. The second-order valence-electron chi connectivity index (χ2n) is 9.51. The summed E-state index contributed by atoms with van der Waals surface area (Å²) in [5.74, 6) is -0.782. The van der Waals surface area contributed by atoms with Crippen molar-refractivity contribution >= 4 is 29.2 Å². The highest BCUT2D eigenvalue weighted by Crippen LogP contribution is 2.25. The smallest absolute Gasteiger partial charge is 0.260 e. The number of ketones is 1. The standard InChI is InChI=1S/C27H31ClFN3O4/c1-31-12-10-22(11-13-31)30-27(35)23-16-20(28)4-7-24(23)36-17-25(33)32-14-8-19(9-15-32)26(34)18-2-5-21(29)6-3-18/h2-7,16,19,22H,8-15,17H2,1H3,(H,30,35). The van der Waals surface area contributed by atoms with E-state index in [9.17, 15) is 18.8 Å². The number of nitrogens with one attached hydrogen (secondary N) is 1. The molecular formula is C27H31ClFN3O4. The number of benzene rings is 2. The molecule has 0 bridgehead atoms. The van der Waals surface area contributed by atoms with E-state index in [1.54, 1.807) is 23.1 Å². The van der Waals surface area contributed by atoms with Gasteiger partial charge in [0.25, 0.3) is 11.8 Å². The Labute approximate surface area is 215 Å². The van der Waals surface area contributed by atoms with Gasteiger partial charge in [0.2, 0.25) is 0 Å². The molecule has 0 aromatic heterocycles. The van der Waals surface area contributed by atoms with Gasteiger partial charge >= 0.3 is 0 Å². The van der Waals surface area contributed by atoms with Crippen molar-refractivity contribution in [3.05, 3.63) is 64.4 Å². The van der Waals surface area contributed by atoms with E-state index in [0.29, 0.717) is 47.8 Å². The SMILES string of the molecule is CN1CCC(NC(=O)c2cc(Cl)ccc2OCC(=O)N2CCC(C(=O)c3ccc(F)cc3)CC2)CC1. The van der Waals surface area contributed by atoms with Gasteiger partial charge in [0, 0.05) is 35.6 Å². The van der Waals surface area contributed by atoms with E-state index in [2.05, 4.69) is 17.3 Å². The summed E-state index contributed by atoms with van der Waals surface area (Å²) < 4.78 is 18.9. The van der Waals surface area contributed by atoms with Gasteiger partial charge in [-0.05, 0) is 88.3 Å². The van der Waals surface area contributed by atoms with Gasteiger partial charge in [-0.1, -0.05) is 11.6 Å². The summed E-state index contributed by atoms with van der Waals surface area (Å²) in [6.07, 6.45) is 2.81.